The van der Waals surface area contributed by atoms with E-state index in [0.717, 1.165) is 22.2 Å². The van der Waals surface area contributed by atoms with Gasteiger partial charge in [-0.1, -0.05) is 28.1 Å². The second-order valence-corrected chi connectivity index (χ2v) is 9.25. The zero-order valence-electron chi connectivity index (χ0n) is 13.5. The molecule has 3 N–H and O–H groups in total. The van der Waals surface area contributed by atoms with Gasteiger partial charge in [0, 0.05) is 16.1 Å². The van der Waals surface area contributed by atoms with Gasteiger partial charge in [0.15, 0.2) is 5.11 Å². The first-order valence-electron chi connectivity index (χ1n) is 8.47. The molecule has 2 saturated carbocycles. The molecule has 0 aliphatic heterocycles. The Labute approximate surface area is 169 Å². The smallest absolute Gasteiger partial charge is 0.187 e. The van der Waals surface area contributed by atoms with Crippen LogP contribution in [0.25, 0.3) is 0 Å². The molecule has 2 fully saturated rings. The number of nitrogens with one attached hydrogen (secondary N) is 2. The highest BCUT2D eigenvalue weighted by Gasteiger charge is 2.52. The molecule has 0 radical (unpaired) electrons. The lowest BCUT2D eigenvalue weighted by Crippen LogP contribution is -2.45. The highest BCUT2D eigenvalue weighted by molar-refractivity contribution is 9.11. The lowest BCUT2D eigenvalue weighted by Gasteiger charge is -2.32. The van der Waals surface area contributed by atoms with Crippen LogP contribution < -0.4 is 10.7 Å². The van der Waals surface area contributed by atoms with Crippen LogP contribution in [-0.4, -0.2) is 22.5 Å². The van der Waals surface area contributed by atoms with Gasteiger partial charge in [0.05, 0.1) is 10.7 Å². The van der Waals surface area contributed by atoms with Crippen molar-refractivity contribution in [3.63, 3.8) is 0 Å². The van der Waals surface area contributed by atoms with Crippen LogP contribution in [0.15, 0.2) is 38.3 Å². The minimum Gasteiger partial charge on any atom is -0.506 e. The van der Waals surface area contributed by atoms with Crippen LogP contribution in [0.2, 0.25) is 0 Å². The summed E-state index contributed by atoms with van der Waals surface area (Å²) in [7, 11) is 0. The van der Waals surface area contributed by atoms with Crippen LogP contribution in [0.4, 0.5) is 0 Å². The summed E-state index contributed by atoms with van der Waals surface area (Å²) in [6.45, 7) is 0. The number of thiocarbonyl (C=S) groups is 1. The molecular weight excluding hydrogens is 466 g/mol. The van der Waals surface area contributed by atoms with Crippen molar-refractivity contribution in [1.29, 1.82) is 0 Å². The molecule has 3 aliphatic carbocycles. The first kappa shape index (κ1) is 17.5. The van der Waals surface area contributed by atoms with Crippen molar-refractivity contribution in [2.75, 3.05) is 0 Å². The first-order chi connectivity index (χ1) is 12.0. The minimum absolute atomic E-state index is 0.153. The van der Waals surface area contributed by atoms with E-state index in [1.165, 1.54) is 19.3 Å². The van der Waals surface area contributed by atoms with E-state index in [1.54, 1.807) is 18.3 Å². The number of rotatable bonds is 3. The number of allylic oxidation sites excluding steroid dienone is 2. The van der Waals surface area contributed by atoms with Crippen molar-refractivity contribution in [3.8, 4) is 5.75 Å². The average molecular weight is 485 g/mol. The maximum absolute atomic E-state index is 10.0. The molecule has 0 heterocycles. The Hall–Kier alpha value is -0.920. The summed E-state index contributed by atoms with van der Waals surface area (Å²) in [5.74, 6) is 3.30. The van der Waals surface area contributed by atoms with Crippen LogP contribution >= 0.6 is 44.1 Å². The number of aromatic hydroxyl groups is 1. The number of benzene rings is 1. The highest BCUT2D eigenvalue weighted by atomic mass is 79.9. The van der Waals surface area contributed by atoms with Gasteiger partial charge in [-0.2, -0.15) is 5.10 Å². The maximum atomic E-state index is 10.0. The fourth-order valence-electron chi connectivity index (χ4n) is 4.76. The number of phenols is 1. The van der Waals surface area contributed by atoms with Crippen molar-refractivity contribution in [3.05, 3.63) is 38.8 Å². The summed E-state index contributed by atoms with van der Waals surface area (Å²) in [4.78, 5) is 0. The van der Waals surface area contributed by atoms with E-state index in [4.69, 9.17) is 12.2 Å². The Kier molecular flexibility index (Phi) is 4.90. The Balaban J connectivity index is 1.34. The largest absolute Gasteiger partial charge is 0.506 e. The van der Waals surface area contributed by atoms with E-state index in [-0.39, 0.29) is 5.75 Å². The SMILES string of the molecule is Oc1c(Br)cc(Br)cc1/C=N\NC(=S)N[C@@H]1C[C@H]2C[C@H]1[C@@H]1C=CC[C@@H]21. The molecule has 7 heteroatoms. The first-order valence-corrected chi connectivity index (χ1v) is 10.5. The van der Waals surface area contributed by atoms with Crippen LogP contribution in [0.3, 0.4) is 0 Å². The van der Waals surface area contributed by atoms with E-state index >= 15 is 0 Å². The van der Waals surface area contributed by atoms with Crippen LogP contribution in [0, 0.1) is 23.7 Å². The summed E-state index contributed by atoms with van der Waals surface area (Å²) < 4.78 is 1.48. The summed E-state index contributed by atoms with van der Waals surface area (Å²) in [6.07, 6.45) is 10.1. The van der Waals surface area contributed by atoms with Gasteiger partial charge >= 0.3 is 0 Å². The van der Waals surface area contributed by atoms with Crippen LogP contribution in [-0.2, 0) is 0 Å². The molecule has 0 amide bonds. The van der Waals surface area contributed by atoms with Gasteiger partial charge in [-0.15, -0.1) is 0 Å². The number of hydrogen-bond acceptors (Lipinski definition) is 3. The third kappa shape index (κ3) is 3.38. The summed E-state index contributed by atoms with van der Waals surface area (Å²) in [6, 6.07) is 4.02. The van der Waals surface area contributed by atoms with Crippen molar-refractivity contribution in [2.45, 2.75) is 25.3 Å². The molecule has 132 valence electrons. The average Bonchev–Trinajstić information content (AvgIpc) is 3.24. The van der Waals surface area contributed by atoms with Gasteiger partial charge in [0.1, 0.15) is 5.75 Å². The molecule has 0 unspecified atom stereocenters. The number of hydrogen-bond donors (Lipinski definition) is 3. The highest BCUT2D eigenvalue weighted by Crippen LogP contribution is 2.56. The van der Waals surface area contributed by atoms with E-state index in [0.29, 0.717) is 27.1 Å². The number of phenolic OH excluding ortho intramolecular Hbond substituents is 1. The maximum Gasteiger partial charge on any atom is 0.187 e. The van der Waals surface area contributed by atoms with Gasteiger partial charge in [-0.3, -0.25) is 5.43 Å². The summed E-state index contributed by atoms with van der Waals surface area (Å²) in [5, 5.41) is 18.2. The molecule has 0 spiro atoms. The number of fused-ring (bicyclic) bond motifs is 5. The Morgan fingerprint density at radius 3 is 2.96 bits per heavy atom. The molecule has 5 atom stereocenters. The Morgan fingerprint density at radius 1 is 1.28 bits per heavy atom. The van der Waals surface area contributed by atoms with Crippen molar-refractivity contribution >= 4 is 55.4 Å². The van der Waals surface area contributed by atoms with Crippen molar-refractivity contribution in [2.24, 2.45) is 28.8 Å². The van der Waals surface area contributed by atoms with Crippen molar-refractivity contribution < 1.29 is 5.11 Å². The van der Waals surface area contributed by atoms with Gasteiger partial charge in [-0.05, 0) is 83.2 Å². The molecule has 0 saturated heterocycles. The van der Waals surface area contributed by atoms with Gasteiger partial charge < -0.3 is 10.4 Å². The molecular formula is C18H19Br2N3OS. The van der Waals surface area contributed by atoms with Gasteiger partial charge in [0.25, 0.3) is 0 Å². The number of hydrazone groups is 1. The molecule has 2 bridgehead atoms. The zero-order valence-corrected chi connectivity index (χ0v) is 17.4. The Morgan fingerprint density at radius 2 is 2.12 bits per heavy atom. The number of nitrogens with zero attached hydrogens (tertiary/aromatic N) is 1. The van der Waals surface area contributed by atoms with E-state index in [9.17, 15) is 5.11 Å². The lowest BCUT2D eigenvalue weighted by molar-refractivity contribution is 0.246. The molecule has 4 nitrogen and oxygen atoms in total. The molecule has 4 rings (SSSR count). The quantitative estimate of drug-likeness (QED) is 0.259. The fraction of sp³-hybridized carbons (Fsp3) is 0.444. The lowest BCUT2D eigenvalue weighted by atomic mass is 9.79. The van der Waals surface area contributed by atoms with E-state index in [2.05, 4.69) is 59.9 Å². The molecule has 25 heavy (non-hydrogen) atoms. The summed E-state index contributed by atoms with van der Waals surface area (Å²) in [5.41, 5.74) is 3.48. The predicted octanol–water partition coefficient (Wildman–Crippen LogP) is 4.32. The second-order valence-electron chi connectivity index (χ2n) is 7.08. The van der Waals surface area contributed by atoms with E-state index in [1.807, 2.05) is 0 Å². The Bertz CT molecular complexity index is 767. The molecule has 1 aromatic rings. The normalized spacial score (nSPS) is 32.3. The predicted molar refractivity (Wildman–Crippen MR) is 111 cm³/mol. The second kappa shape index (κ2) is 7.00. The van der Waals surface area contributed by atoms with Crippen LogP contribution in [0.1, 0.15) is 24.8 Å². The topological polar surface area (TPSA) is 56.7 Å². The van der Waals surface area contributed by atoms with Crippen LogP contribution in [0.5, 0.6) is 5.75 Å². The standard InChI is InChI=1S/C18H19Br2N3OS/c19-11-4-10(17(24)15(20)7-11)8-21-23-18(25)22-16-6-9-5-14(16)13-3-1-2-12(9)13/h1,3-4,7-9,12-14,16,24H,2,5-6H2,(H2,22,23,25)/b21-8-/t9-,12+,13-,14+,16-/m1/s1. The molecule has 0 aromatic heterocycles. The van der Waals surface area contributed by atoms with Crippen molar-refractivity contribution in [1.82, 2.24) is 10.7 Å². The third-order valence-corrected chi connectivity index (χ3v) is 7.02. The molecule has 1 aromatic carbocycles. The zero-order chi connectivity index (χ0) is 17.6. The fourth-order valence-corrected chi connectivity index (χ4v) is 6.22. The monoisotopic (exact) mass is 483 g/mol. The van der Waals surface area contributed by atoms with Gasteiger partial charge in [-0.25, -0.2) is 0 Å². The number of halogens is 2. The van der Waals surface area contributed by atoms with E-state index < -0.39 is 0 Å². The molecule has 3 aliphatic rings. The minimum atomic E-state index is 0.153. The summed E-state index contributed by atoms with van der Waals surface area (Å²) >= 11 is 12.1. The van der Waals surface area contributed by atoms with Gasteiger partial charge in [0.2, 0.25) is 0 Å². The third-order valence-electron chi connectivity index (χ3n) is 5.75.